The predicted molar refractivity (Wildman–Crippen MR) is 75.1 cm³/mol. The highest BCUT2D eigenvalue weighted by molar-refractivity contribution is 5.97. The summed E-state index contributed by atoms with van der Waals surface area (Å²) in [5.41, 5.74) is 2.13. The minimum atomic E-state index is -0.922. The van der Waals surface area contributed by atoms with Crippen LogP contribution in [0, 0.1) is 5.92 Å². The molecule has 2 heterocycles. The van der Waals surface area contributed by atoms with Crippen LogP contribution in [0.25, 0.3) is 0 Å². The molecule has 5 heteroatoms. The van der Waals surface area contributed by atoms with Gasteiger partial charge in [-0.25, -0.2) is 4.79 Å². The Morgan fingerprint density at radius 3 is 2.95 bits per heavy atom. The lowest BCUT2D eigenvalue weighted by molar-refractivity contribution is -0.119. The number of hydrogen-bond acceptors (Lipinski definition) is 3. The Bertz CT molecular complexity index is 550. The van der Waals surface area contributed by atoms with Gasteiger partial charge in [-0.15, -0.1) is 0 Å². The van der Waals surface area contributed by atoms with E-state index >= 15 is 0 Å². The van der Waals surface area contributed by atoms with Crippen LogP contribution in [0.15, 0.2) is 18.2 Å². The molecule has 106 valence electrons. The lowest BCUT2D eigenvalue weighted by Gasteiger charge is -2.19. The highest BCUT2D eigenvalue weighted by Crippen LogP contribution is 2.30. The summed E-state index contributed by atoms with van der Waals surface area (Å²) in [5.74, 6) is -0.333. The highest BCUT2D eigenvalue weighted by Gasteiger charge is 2.28. The molecule has 2 N–H and O–H groups in total. The van der Waals surface area contributed by atoms with Crippen molar-refractivity contribution in [2.75, 3.05) is 24.5 Å². The van der Waals surface area contributed by atoms with Crippen molar-refractivity contribution in [2.24, 2.45) is 5.92 Å². The van der Waals surface area contributed by atoms with Gasteiger partial charge < -0.3 is 15.3 Å². The fraction of sp³-hybridized carbons (Fsp3) is 0.467. The third-order valence-corrected chi connectivity index (χ3v) is 4.15. The van der Waals surface area contributed by atoms with E-state index in [2.05, 4.69) is 5.32 Å². The molecule has 1 fully saturated rings. The maximum absolute atomic E-state index is 12.4. The molecule has 0 saturated carbocycles. The van der Waals surface area contributed by atoms with Crippen LogP contribution in [0.4, 0.5) is 5.69 Å². The van der Waals surface area contributed by atoms with Gasteiger partial charge in [-0.05, 0) is 55.6 Å². The molecule has 1 atom stereocenters. The molecule has 20 heavy (non-hydrogen) atoms. The smallest absolute Gasteiger partial charge is 0.335 e. The molecule has 2 aliphatic heterocycles. The van der Waals surface area contributed by atoms with Crippen molar-refractivity contribution in [1.82, 2.24) is 5.32 Å². The van der Waals surface area contributed by atoms with Crippen molar-refractivity contribution >= 4 is 17.6 Å². The van der Waals surface area contributed by atoms with Gasteiger partial charge in [0.25, 0.3) is 0 Å². The molecule has 0 radical (unpaired) electrons. The summed E-state index contributed by atoms with van der Waals surface area (Å²) in [6.45, 7) is 2.58. The van der Waals surface area contributed by atoms with Crippen molar-refractivity contribution in [3.63, 3.8) is 0 Å². The number of anilines is 1. The zero-order valence-corrected chi connectivity index (χ0v) is 11.3. The van der Waals surface area contributed by atoms with Gasteiger partial charge in [0.15, 0.2) is 0 Å². The summed E-state index contributed by atoms with van der Waals surface area (Å²) >= 11 is 0. The van der Waals surface area contributed by atoms with E-state index in [1.165, 1.54) is 0 Å². The van der Waals surface area contributed by atoms with Crippen LogP contribution >= 0.6 is 0 Å². The minimum absolute atomic E-state index is 0.153. The van der Waals surface area contributed by atoms with Crippen molar-refractivity contribution in [2.45, 2.75) is 19.3 Å². The van der Waals surface area contributed by atoms with E-state index in [4.69, 9.17) is 5.11 Å². The second kappa shape index (κ2) is 5.25. The number of carboxylic acid groups (broad SMARTS) is 1. The van der Waals surface area contributed by atoms with Crippen LogP contribution in [0.1, 0.15) is 28.8 Å². The average molecular weight is 274 g/mol. The zero-order valence-electron chi connectivity index (χ0n) is 11.3. The summed E-state index contributed by atoms with van der Waals surface area (Å²) in [6.07, 6.45) is 2.38. The molecule has 1 saturated heterocycles. The number of carbonyl (C=O) groups is 2. The summed E-state index contributed by atoms with van der Waals surface area (Å²) in [5, 5.41) is 12.3. The SMILES string of the molecule is O=C(O)c1ccc2c(c1)CCN2C(=O)CC1CCNC1. The number of hydrogen-bond donors (Lipinski definition) is 2. The molecule has 1 aromatic rings. The zero-order chi connectivity index (χ0) is 14.1. The van der Waals surface area contributed by atoms with Crippen LogP contribution < -0.4 is 10.2 Å². The number of carboxylic acids is 1. The van der Waals surface area contributed by atoms with E-state index < -0.39 is 5.97 Å². The number of amides is 1. The second-order valence-electron chi connectivity index (χ2n) is 5.51. The van der Waals surface area contributed by atoms with E-state index in [-0.39, 0.29) is 11.5 Å². The summed E-state index contributed by atoms with van der Waals surface area (Å²) in [4.78, 5) is 25.1. The molecule has 1 unspecified atom stereocenters. The van der Waals surface area contributed by atoms with E-state index in [0.29, 0.717) is 18.9 Å². The van der Waals surface area contributed by atoms with Crippen molar-refractivity contribution < 1.29 is 14.7 Å². The number of rotatable bonds is 3. The van der Waals surface area contributed by atoms with Crippen molar-refractivity contribution in [3.05, 3.63) is 29.3 Å². The fourth-order valence-electron chi connectivity index (χ4n) is 3.04. The third kappa shape index (κ3) is 2.41. The molecule has 1 aromatic carbocycles. The van der Waals surface area contributed by atoms with Gasteiger partial charge in [-0.3, -0.25) is 4.79 Å². The molecule has 0 spiro atoms. The van der Waals surface area contributed by atoms with Gasteiger partial charge in [0.1, 0.15) is 0 Å². The molecular weight excluding hydrogens is 256 g/mol. The Labute approximate surface area is 117 Å². The molecular formula is C15H18N2O3. The van der Waals surface area contributed by atoms with Crippen molar-refractivity contribution in [1.29, 1.82) is 0 Å². The van der Waals surface area contributed by atoms with Gasteiger partial charge in [0.05, 0.1) is 5.56 Å². The molecule has 0 bridgehead atoms. The molecule has 1 amide bonds. The van der Waals surface area contributed by atoms with Gasteiger partial charge >= 0.3 is 5.97 Å². The quantitative estimate of drug-likeness (QED) is 0.871. The number of nitrogens with one attached hydrogen (secondary N) is 1. The second-order valence-corrected chi connectivity index (χ2v) is 5.51. The molecule has 5 nitrogen and oxygen atoms in total. The Kier molecular flexibility index (Phi) is 3.44. The first-order valence-electron chi connectivity index (χ1n) is 7.02. The van der Waals surface area contributed by atoms with Crippen LogP contribution in [0.3, 0.4) is 0 Å². The van der Waals surface area contributed by atoms with Gasteiger partial charge in [-0.1, -0.05) is 0 Å². The molecule has 2 aliphatic rings. The number of aromatic carboxylic acids is 1. The average Bonchev–Trinajstić information content (AvgIpc) is 3.06. The Balaban J connectivity index is 1.75. The first-order valence-corrected chi connectivity index (χ1v) is 7.02. The lowest BCUT2D eigenvalue weighted by Crippen LogP contribution is -2.30. The first-order chi connectivity index (χ1) is 9.65. The van der Waals surface area contributed by atoms with E-state index in [1.807, 2.05) is 0 Å². The van der Waals surface area contributed by atoms with E-state index in [1.54, 1.807) is 23.1 Å². The van der Waals surface area contributed by atoms with Crippen molar-refractivity contribution in [3.8, 4) is 0 Å². The summed E-state index contributed by atoms with van der Waals surface area (Å²) in [6, 6.07) is 5.02. The standard InChI is InChI=1S/C15H18N2O3/c18-14(7-10-3-5-16-9-10)17-6-4-11-8-12(15(19)20)1-2-13(11)17/h1-2,8,10,16H,3-7,9H2,(H,19,20). The number of benzene rings is 1. The Hall–Kier alpha value is -1.88. The third-order valence-electron chi connectivity index (χ3n) is 4.15. The minimum Gasteiger partial charge on any atom is -0.478 e. The summed E-state index contributed by atoms with van der Waals surface area (Å²) < 4.78 is 0. The largest absolute Gasteiger partial charge is 0.478 e. The van der Waals surface area contributed by atoms with E-state index in [0.717, 1.165) is 37.2 Å². The maximum atomic E-state index is 12.4. The first kappa shape index (κ1) is 13.1. The van der Waals surface area contributed by atoms with Gasteiger partial charge in [0.2, 0.25) is 5.91 Å². The molecule has 0 aromatic heterocycles. The number of nitrogens with zero attached hydrogens (tertiary/aromatic N) is 1. The number of carbonyl (C=O) groups excluding carboxylic acids is 1. The monoisotopic (exact) mass is 274 g/mol. The summed E-state index contributed by atoms with van der Waals surface area (Å²) in [7, 11) is 0. The topological polar surface area (TPSA) is 69.6 Å². The predicted octanol–water partition coefficient (Wildman–Crippen LogP) is 1.27. The van der Waals surface area contributed by atoms with Gasteiger partial charge in [-0.2, -0.15) is 0 Å². The van der Waals surface area contributed by atoms with E-state index in [9.17, 15) is 9.59 Å². The van der Waals surface area contributed by atoms with Crippen LogP contribution in [0.5, 0.6) is 0 Å². The fourth-order valence-corrected chi connectivity index (χ4v) is 3.04. The molecule has 3 rings (SSSR count). The maximum Gasteiger partial charge on any atom is 0.335 e. The Morgan fingerprint density at radius 1 is 1.40 bits per heavy atom. The lowest BCUT2D eigenvalue weighted by atomic mass is 10.0. The van der Waals surface area contributed by atoms with Gasteiger partial charge in [0, 0.05) is 18.7 Å². The highest BCUT2D eigenvalue weighted by atomic mass is 16.4. The normalized spacial score (nSPS) is 21.0. The van der Waals surface area contributed by atoms with Crippen LogP contribution in [0.2, 0.25) is 0 Å². The number of fused-ring (bicyclic) bond motifs is 1. The van der Waals surface area contributed by atoms with Crippen LogP contribution in [-0.2, 0) is 11.2 Å². The molecule has 0 aliphatic carbocycles. The van der Waals surface area contributed by atoms with Crippen LogP contribution in [-0.4, -0.2) is 36.6 Å². The Morgan fingerprint density at radius 2 is 2.25 bits per heavy atom.